The number of pyridine rings is 1. The summed E-state index contributed by atoms with van der Waals surface area (Å²) in [5, 5.41) is 0.139. The highest BCUT2D eigenvalue weighted by Gasteiger charge is 2.20. The second kappa shape index (κ2) is 7.81. The number of aromatic nitrogens is 1. The van der Waals surface area contributed by atoms with E-state index in [0.717, 1.165) is 11.5 Å². The number of halogens is 2. The van der Waals surface area contributed by atoms with E-state index in [9.17, 15) is 4.39 Å². The Kier molecular flexibility index (Phi) is 5.53. The van der Waals surface area contributed by atoms with Crippen LogP contribution in [0.25, 0.3) is 0 Å². The molecule has 2 aromatic rings. The van der Waals surface area contributed by atoms with Gasteiger partial charge in [-0.25, -0.2) is 4.98 Å². The largest absolute Gasteiger partial charge is 0.230 e. The normalized spacial score (nSPS) is 20.3. The molecular weight excluding hydrogens is 321 g/mol. The smallest absolute Gasteiger partial charge is 0.207 e. The predicted octanol–water partition coefficient (Wildman–Crippen LogP) is 5.96. The zero-order chi connectivity index (χ0) is 16.9. The number of hydrogen-bond donors (Lipinski definition) is 0. The maximum absolute atomic E-state index is 13.6. The summed E-state index contributed by atoms with van der Waals surface area (Å²) in [6.07, 6.45) is 6.55. The average molecular weight is 342 g/mol. The lowest BCUT2D eigenvalue weighted by atomic mass is 9.78. The van der Waals surface area contributed by atoms with Crippen LogP contribution in [-0.4, -0.2) is 4.98 Å². The van der Waals surface area contributed by atoms with Crippen molar-refractivity contribution in [2.45, 2.75) is 44.9 Å². The van der Waals surface area contributed by atoms with Crippen molar-refractivity contribution in [3.8, 4) is 11.8 Å². The first-order chi connectivity index (χ1) is 11.7. The molecule has 3 rings (SSSR count). The van der Waals surface area contributed by atoms with Gasteiger partial charge in [-0.2, -0.15) is 4.39 Å². The Morgan fingerprint density at radius 1 is 1.04 bits per heavy atom. The van der Waals surface area contributed by atoms with Crippen LogP contribution < -0.4 is 0 Å². The van der Waals surface area contributed by atoms with Crippen molar-refractivity contribution in [2.75, 3.05) is 0 Å². The van der Waals surface area contributed by atoms with Crippen LogP contribution in [0.15, 0.2) is 36.4 Å². The lowest BCUT2D eigenvalue weighted by molar-refractivity contribution is 0.319. The lowest BCUT2D eigenvalue weighted by Gasteiger charge is -2.28. The number of benzene rings is 1. The summed E-state index contributed by atoms with van der Waals surface area (Å²) in [4.78, 5) is 3.57. The fraction of sp³-hybridized carbons (Fsp3) is 0.381. The topological polar surface area (TPSA) is 12.9 Å². The number of nitrogens with zero attached hydrogens (tertiary/aromatic N) is 1. The third-order valence-corrected chi connectivity index (χ3v) is 5.17. The van der Waals surface area contributed by atoms with E-state index < -0.39 is 5.95 Å². The van der Waals surface area contributed by atoms with Gasteiger partial charge in [0.05, 0.1) is 5.56 Å². The molecule has 1 aromatic heterocycles. The molecule has 0 radical (unpaired) electrons. The van der Waals surface area contributed by atoms with Crippen LogP contribution in [0.4, 0.5) is 4.39 Å². The van der Waals surface area contributed by atoms with Gasteiger partial charge in [0.25, 0.3) is 0 Å². The number of rotatable bonds is 2. The minimum atomic E-state index is -0.626. The molecule has 0 aliphatic heterocycles. The van der Waals surface area contributed by atoms with Crippen molar-refractivity contribution in [3.63, 3.8) is 0 Å². The first kappa shape index (κ1) is 17.0. The van der Waals surface area contributed by atoms with Crippen molar-refractivity contribution in [1.29, 1.82) is 0 Å². The van der Waals surface area contributed by atoms with Gasteiger partial charge >= 0.3 is 0 Å². The van der Waals surface area contributed by atoms with Gasteiger partial charge in [-0.3, -0.25) is 0 Å². The van der Waals surface area contributed by atoms with Gasteiger partial charge in [-0.05, 0) is 67.3 Å². The molecule has 1 nitrogen and oxygen atoms in total. The van der Waals surface area contributed by atoms with E-state index in [1.54, 1.807) is 12.1 Å². The second-order valence-corrected chi connectivity index (χ2v) is 6.86. The monoisotopic (exact) mass is 341 g/mol. The Morgan fingerprint density at radius 3 is 2.38 bits per heavy atom. The highest BCUT2D eigenvalue weighted by atomic mass is 35.5. The maximum atomic E-state index is 13.6. The van der Waals surface area contributed by atoms with Gasteiger partial charge in [0.15, 0.2) is 0 Å². The fourth-order valence-corrected chi connectivity index (χ4v) is 3.52. The Balaban J connectivity index is 1.68. The van der Waals surface area contributed by atoms with Crippen molar-refractivity contribution in [2.24, 2.45) is 5.92 Å². The SMILES string of the molecule is CC[C@H]1CC[C@H](c2ccc(C#Cc3ccc(Cl)nc3F)cc2)CC1. The summed E-state index contributed by atoms with van der Waals surface area (Å²) < 4.78 is 13.6. The molecule has 24 heavy (non-hydrogen) atoms. The molecule has 1 aromatic carbocycles. The van der Waals surface area contributed by atoms with Gasteiger partial charge in [0, 0.05) is 5.56 Å². The van der Waals surface area contributed by atoms with Gasteiger partial charge in [0.2, 0.25) is 5.95 Å². The molecular formula is C21H21ClFN. The van der Waals surface area contributed by atoms with Gasteiger partial charge in [-0.15, -0.1) is 0 Å². The summed E-state index contributed by atoms with van der Waals surface area (Å²) in [5.41, 5.74) is 2.55. The molecule has 124 valence electrons. The van der Waals surface area contributed by atoms with E-state index in [4.69, 9.17) is 11.6 Å². The molecule has 0 atom stereocenters. The maximum Gasteiger partial charge on any atom is 0.230 e. The molecule has 0 spiro atoms. The van der Waals surface area contributed by atoms with Crippen LogP contribution in [0.5, 0.6) is 0 Å². The zero-order valence-electron chi connectivity index (χ0n) is 13.9. The third kappa shape index (κ3) is 4.16. The highest BCUT2D eigenvalue weighted by Crippen LogP contribution is 2.36. The second-order valence-electron chi connectivity index (χ2n) is 6.47. The van der Waals surface area contributed by atoms with Crippen LogP contribution >= 0.6 is 11.6 Å². The molecule has 0 bridgehead atoms. The van der Waals surface area contributed by atoms with Gasteiger partial charge in [-0.1, -0.05) is 48.9 Å². The minimum absolute atomic E-state index is 0.139. The summed E-state index contributed by atoms with van der Waals surface area (Å²) in [6.45, 7) is 2.29. The molecule has 1 aliphatic carbocycles. The van der Waals surface area contributed by atoms with Gasteiger partial charge < -0.3 is 0 Å². The third-order valence-electron chi connectivity index (χ3n) is 4.96. The van der Waals surface area contributed by atoms with E-state index in [-0.39, 0.29) is 10.7 Å². The van der Waals surface area contributed by atoms with Crippen LogP contribution in [0, 0.1) is 23.7 Å². The quantitative estimate of drug-likeness (QED) is 0.485. The first-order valence-corrected chi connectivity index (χ1v) is 8.97. The van der Waals surface area contributed by atoms with Crippen LogP contribution in [0.2, 0.25) is 5.15 Å². The van der Waals surface area contributed by atoms with Gasteiger partial charge in [0.1, 0.15) is 5.15 Å². The molecule has 1 aliphatic rings. The van der Waals surface area contributed by atoms with E-state index in [2.05, 4.69) is 35.9 Å². The molecule has 0 unspecified atom stereocenters. The Labute approximate surface area is 148 Å². The van der Waals surface area contributed by atoms with E-state index in [1.165, 1.54) is 37.7 Å². The standard InChI is InChI=1S/C21H21ClFN/c1-2-15-3-8-17(9-4-15)18-10-5-16(6-11-18)7-12-19-13-14-20(22)24-21(19)23/h5-6,10-11,13-15,17H,2-4,8-9H2,1H3/t15-,17-. The Hall–Kier alpha value is -1.85. The van der Waals surface area contributed by atoms with E-state index in [1.807, 2.05) is 12.1 Å². The minimum Gasteiger partial charge on any atom is -0.207 e. The van der Waals surface area contributed by atoms with E-state index in [0.29, 0.717) is 5.92 Å². The lowest BCUT2D eigenvalue weighted by Crippen LogP contribution is -2.12. The van der Waals surface area contributed by atoms with Crippen LogP contribution in [0.3, 0.4) is 0 Å². The van der Waals surface area contributed by atoms with Crippen molar-refractivity contribution < 1.29 is 4.39 Å². The summed E-state index contributed by atoms with van der Waals surface area (Å²) >= 11 is 5.64. The first-order valence-electron chi connectivity index (χ1n) is 8.59. The predicted molar refractivity (Wildman–Crippen MR) is 96.6 cm³/mol. The molecule has 1 fully saturated rings. The molecule has 0 saturated heterocycles. The summed E-state index contributed by atoms with van der Waals surface area (Å²) in [7, 11) is 0. The molecule has 0 amide bonds. The zero-order valence-corrected chi connectivity index (χ0v) is 14.6. The van der Waals surface area contributed by atoms with Crippen LogP contribution in [-0.2, 0) is 0 Å². The molecule has 3 heteroatoms. The Bertz CT molecular complexity index is 750. The van der Waals surface area contributed by atoms with Crippen molar-refractivity contribution in [1.82, 2.24) is 4.98 Å². The summed E-state index contributed by atoms with van der Waals surface area (Å²) in [6, 6.07) is 11.5. The van der Waals surface area contributed by atoms with Crippen LogP contribution in [0.1, 0.15) is 61.6 Å². The molecule has 1 saturated carbocycles. The number of hydrogen-bond acceptors (Lipinski definition) is 1. The average Bonchev–Trinajstić information content (AvgIpc) is 2.62. The van der Waals surface area contributed by atoms with Crippen molar-refractivity contribution in [3.05, 3.63) is 64.2 Å². The molecule has 0 N–H and O–H groups in total. The fourth-order valence-electron chi connectivity index (χ4n) is 3.39. The van der Waals surface area contributed by atoms with Crippen molar-refractivity contribution >= 4 is 11.6 Å². The molecule has 1 heterocycles. The highest BCUT2D eigenvalue weighted by molar-refractivity contribution is 6.29. The Morgan fingerprint density at radius 2 is 1.75 bits per heavy atom. The van der Waals surface area contributed by atoms with E-state index >= 15 is 0 Å². The summed E-state index contributed by atoms with van der Waals surface area (Å²) in [5.74, 6) is 6.78.